The lowest BCUT2D eigenvalue weighted by Crippen LogP contribution is -2.33. The predicted octanol–water partition coefficient (Wildman–Crippen LogP) is 3.04. The maximum atomic E-state index is 9.11. The Bertz CT molecular complexity index is 585. The number of furan rings is 1. The highest BCUT2D eigenvalue weighted by Crippen LogP contribution is 2.22. The molecule has 5 heteroatoms. The predicted molar refractivity (Wildman–Crippen MR) is 81.8 cm³/mol. The zero-order valence-electron chi connectivity index (χ0n) is 12.4. The molecular formula is C16H20N4O. The van der Waals surface area contributed by atoms with Gasteiger partial charge in [-0.05, 0) is 37.4 Å². The molecule has 0 bridgehead atoms. The Morgan fingerprint density at radius 2 is 2.14 bits per heavy atom. The van der Waals surface area contributed by atoms with E-state index in [4.69, 9.17) is 9.68 Å². The van der Waals surface area contributed by atoms with Crippen molar-refractivity contribution in [3.63, 3.8) is 0 Å². The van der Waals surface area contributed by atoms with Crippen LogP contribution < -0.4 is 5.32 Å². The molecule has 0 saturated carbocycles. The van der Waals surface area contributed by atoms with Crippen LogP contribution in [0.25, 0.3) is 0 Å². The third-order valence-electron chi connectivity index (χ3n) is 3.52. The number of pyridine rings is 1. The smallest absolute Gasteiger partial charge is 0.143 e. The van der Waals surface area contributed by atoms with Crippen LogP contribution in [-0.4, -0.2) is 29.5 Å². The summed E-state index contributed by atoms with van der Waals surface area (Å²) in [6, 6.07) is 9.66. The molecule has 0 aliphatic carbocycles. The summed E-state index contributed by atoms with van der Waals surface area (Å²) in [5, 5.41) is 12.4. The number of aromatic nitrogens is 1. The van der Waals surface area contributed by atoms with Crippen LogP contribution in [0.15, 0.2) is 41.1 Å². The summed E-state index contributed by atoms with van der Waals surface area (Å²) < 4.78 is 5.56. The molecule has 2 heterocycles. The molecule has 1 N–H and O–H groups in total. The van der Waals surface area contributed by atoms with E-state index in [1.807, 2.05) is 12.1 Å². The van der Waals surface area contributed by atoms with Crippen LogP contribution in [0.5, 0.6) is 0 Å². The van der Waals surface area contributed by atoms with Gasteiger partial charge in [0.15, 0.2) is 0 Å². The van der Waals surface area contributed by atoms with Gasteiger partial charge in [-0.1, -0.05) is 13.8 Å². The van der Waals surface area contributed by atoms with E-state index in [2.05, 4.69) is 35.1 Å². The SMILES string of the molecule is CCN(CC)[C@@H](CNc1ncccc1C#N)c1ccco1. The molecule has 0 saturated heterocycles. The summed E-state index contributed by atoms with van der Waals surface area (Å²) in [5.41, 5.74) is 0.551. The van der Waals surface area contributed by atoms with Gasteiger partial charge in [0.2, 0.25) is 0 Å². The van der Waals surface area contributed by atoms with E-state index < -0.39 is 0 Å². The average molecular weight is 284 g/mol. The molecular weight excluding hydrogens is 264 g/mol. The van der Waals surface area contributed by atoms with Crippen molar-refractivity contribution in [1.82, 2.24) is 9.88 Å². The molecule has 5 nitrogen and oxygen atoms in total. The standard InChI is InChI=1S/C16H20N4O/c1-3-20(4-2)14(15-8-6-10-21-15)12-19-16-13(11-17)7-5-9-18-16/h5-10,14H,3-4,12H2,1-2H3,(H,18,19)/t14-/m0/s1. The first-order valence-corrected chi connectivity index (χ1v) is 7.16. The quantitative estimate of drug-likeness (QED) is 0.846. The fourth-order valence-corrected chi connectivity index (χ4v) is 2.38. The van der Waals surface area contributed by atoms with Crippen LogP contribution >= 0.6 is 0 Å². The van der Waals surface area contributed by atoms with Gasteiger partial charge in [-0.3, -0.25) is 4.90 Å². The van der Waals surface area contributed by atoms with Gasteiger partial charge in [0.1, 0.15) is 17.6 Å². The fraction of sp³-hybridized carbons (Fsp3) is 0.375. The van der Waals surface area contributed by atoms with Gasteiger partial charge in [0.25, 0.3) is 0 Å². The van der Waals surface area contributed by atoms with Crippen molar-refractivity contribution in [2.75, 3.05) is 25.0 Å². The van der Waals surface area contributed by atoms with Gasteiger partial charge in [-0.25, -0.2) is 4.98 Å². The van der Waals surface area contributed by atoms with E-state index in [1.54, 1.807) is 24.6 Å². The Balaban J connectivity index is 2.15. The van der Waals surface area contributed by atoms with E-state index >= 15 is 0 Å². The third kappa shape index (κ3) is 3.61. The van der Waals surface area contributed by atoms with Gasteiger partial charge in [0.05, 0.1) is 17.9 Å². The van der Waals surface area contributed by atoms with Crippen molar-refractivity contribution >= 4 is 5.82 Å². The molecule has 0 aromatic carbocycles. The number of likely N-dealkylation sites (N-methyl/N-ethyl adjacent to an activating group) is 1. The second-order valence-electron chi connectivity index (χ2n) is 4.64. The normalized spacial score (nSPS) is 12.1. The number of nitrogens with zero attached hydrogens (tertiary/aromatic N) is 3. The average Bonchev–Trinajstić information content (AvgIpc) is 3.05. The van der Waals surface area contributed by atoms with Crippen LogP contribution in [-0.2, 0) is 0 Å². The Kier molecular flexibility index (Phi) is 5.35. The Morgan fingerprint density at radius 1 is 1.33 bits per heavy atom. The van der Waals surface area contributed by atoms with E-state index in [1.165, 1.54) is 0 Å². The van der Waals surface area contributed by atoms with E-state index in [0.717, 1.165) is 18.8 Å². The summed E-state index contributed by atoms with van der Waals surface area (Å²) >= 11 is 0. The van der Waals surface area contributed by atoms with Gasteiger partial charge >= 0.3 is 0 Å². The second kappa shape index (κ2) is 7.46. The Hall–Kier alpha value is -2.32. The van der Waals surface area contributed by atoms with Gasteiger partial charge in [0, 0.05) is 12.7 Å². The maximum Gasteiger partial charge on any atom is 0.143 e. The monoisotopic (exact) mass is 284 g/mol. The highest BCUT2D eigenvalue weighted by molar-refractivity contribution is 5.51. The highest BCUT2D eigenvalue weighted by Gasteiger charge is 2.20. The van der Waals surface area contributed by atoms with Crippen LogP contribution in [0, 0.1) is 11.3 Å². The number of nitrogens with one attached hydrogen (secondary N) is 1. The zero-order chi connectivity index (χ0) is 15.1. The van der Waals surface area contributed by atoms with E-state index in [0.29, 0.717) is 17.9 Å². The second-order valence-corrected chi connectivity index (χ2v) is 4.64. The van der Waals surface area contributed by atoms with Crippen LogP contribution in [0.3, 0.4) is 0 Å². The fourth-order valence-electron chi connectivity index (χ4n) is 2.38. The molecule has 2 rings (SSSR count). The van der Waals surface area contributed by atoms with Crippen molar-refractivity contribution in [2.24, 2.45) is 0 Å². The molecule has 0 radical (unpaired) electrons. The number of hydrogen-bond acceptors (Lipinski definition) is 5. The number of nitriles is 1. The van der Waals surface area contributed by atoms with Crippen molar-refractivity contribution in [2.45, 2.75) is 19.9 Å². The molecule has 0 spiro atoms. The van der Waals surface area contributed by atoms with Crippen molar-refractivity contribution in [1.29, 1.82) is 5.26 Å². The lowest BCUT2D eigenvalue weighted by Gasteiger charge is -2.28. The molecule has 0 aliphatic heterocycles. The van der Waals surface area contributed by atoms with Crippen molar-refractivity contribution in [3.05, 3.63) is 48.0 Å². The topological polar surface area (TPSA) is 65.1 Å². The van der Waals surface area contributed by atoms with Crippen LogP contribution in [0.1, 0.15) is 31.2 Å². The summed E-state index contributed by atoms with van der Waals surface area (Å²) in [6.07, 6.45) is 3.37. The summed E-state index contributed by atoms with van der Waals surface area (Å²) in [7, 11) is 0. The molecule has 0 unspecified atom stereocenters. The largest absolute Gasteiger partial charge is 0.468 e. The zero-order valence-corrected chi connectivity index (χ0v) is 12.4. The molecule has 110 valence electrons. The highest BCUT2D eigenvalue weighted by atomic mass is 16.3. The minimum atomic E-state index is 0.114. The molecule has 0 amide bonds. The molecule has 2 aromatic rings. The van der Waals surface area contributed by atoms with E-state index in [9.17, 15) is 0 Å². The van der Waals surface area contributed by atoms with Crippen molar-refractivity contribution < 1.29 is 4.42 Å². The Labute approximate surface area is 125 Å². The van der Waals surface area contributed by atoms with Crippen LogP contribution in [0.2, 0.25) is 0 Å². The Morgan fingerprint density at radius 3 is 2.76 bits per heavy atom. The molecule has 1 atom stereocenters. The first kappa shape index (κ1) is 15.1. The number of anilines is 1. The van der Waals surface area contributed by atoms with E-state index in [-0.39, 0.29) is 6.04 Å². The van der Waals surface area contributed by atoms with Crippen molar-refractivity contribution in [3.8, 4) is 6.07 Å². The number of hydrogen-bond donors (Lipinski definition) is 1. The van der Waals surface area contributed by atoms with Gasteiger partial charge < -0.3 is 9.73 Å². The molecule has 0 fully saturated rings. The minimum Gasteiger partial charge on any atom is -0.468 e. The minimum absolute atomic E-state index is 0.114. The molecule has 0 aliphatic rings. The summed E-state index contributed by atoms with van der Waals surface area (Å²) in [4.78, 5) is 6.54. The third-order valence-corrected chi connectivity index (χ3v) is 3.52. The molecule has 2 aromatic heterocycles. The maximum absolute atomic E-state index is 9.11. The lowest BCUT2D eigenvalue weighted by atomic mass is 10.1. The summed E-state index contributed by atoms with van der Waals surface area (Å²) in [5.74, 6) is 1.53. The first-order chi connectivity index (χ1) is 10.3. The van der Waals surface area contributed by atoms with Crippen LogP contribution in [0.4, 0.5) is 5.82 Å². The number of rotatable bonds is 7. The lowest BCUT2D eigenvalue weighted by molar-refractivity contribution is 0.202. The van der Waals surface area contributed by atoms with Gasteiger partial charge in [-0.2, -0.15) is 5.26 Å². The molecule has 21 heavy (non-hydrogen) atoms. The summed E-state index contributed by atoms with van der Waals surface area (Å²) in [6.45, 7) is 6.75. The van der Waals surface area contributed by atoms with Gasteiger partial charge in [-0.15, -0.1) is 0 Å². The first-order valence-electron chi connectivity index (χ1n) is 7.16.